The van der Waals surface area contributed by atoms with E-state index in [1.807, 2.05) is 37.3 Å². The first-order valence-electron chi connectivity index (χ1n) is 13.9. The highest BCUT2D eigenvalue weighted by molar-refractivity contribution is 7.80. The molecule has 3 N–H and O–H groups in total. The lowest BCUT2D eigenvalue weighted by atomic mass is 9.95. The minimum atomic E-state index is -0.627. The highest BCUT2D eigenvalue weighted by Gasteiger charge is 2.32. The van der Waals surface area contributed by atoms with Gasteiger partial charge in [-0.1, -0.05) is 41.9 Å². The summed E-state index contributed by atoms with van der Waals surface area (Å²) >= 11 is 11.3. The predicted octanol–water partition coefficient (Wildman–Crippen LogP) is 5.20. The fourth-order valence-electron chi connectivity index (χ4n) is 4.35. The SMILES string of the molecule is CCOC(=O)C1=C(C)NC(=S)N[C@H]1c1ccccc1OCC(=O)NN=Cc1ccc(OCc2ccc(Cl)cc2)c(OCC)c1. The third-order valence-corrected chi connectivity index (χ3v) is 6.80. The van der Waals surface area contributed by atoms with Gasteiger partial charge in [-0.25, -0.2) is 10.2 Å². The number of carbonyl (C=O) groups is 2. The van der Waals surface area contributed by atoms with Gasteiger partial charge >= 0.3 is 5.97 Å². The van der Waals surface area contributed by atoms with Crippen LogP contribution in [0.4, 0.5) is 0 Å². The van der Waals surface area contributed by atoms with Gasteiger partial charge < -0.3 is 29.6 Å². The second kappa shape index (κ2) is 15.7. The number of halogens is 1. The normalized spacial score (nSPS) is 14.5. The number of para-hydroxylation sites is 1. The van der Waals surface area contributed by atoms with Crippen LogP contribution in [0.1, 0.15) is 43.5 Å². The molecule has 1 amide bonds. The highest BCUT2D eigenvalue weighted by Crippen LogP contribution is 2.34. The van der Waals surface area contributed by atoms with E-state index in [4.69, 9.17) is 42.8 Å². The fraction of sp³-hybridized carbons (Fsp3) is 0.250. The van der Waals surface area contributed by atoms with Gasteiger partial charge in [-0.15, -0.1) is 0 Å². The number of thiocarbonyl (C=S) groups is 1. The number of nitrogens with one attached hydrogen (secondary N) is 3. The molecule has 0 saturated carbocycles. The number of esters is 1. The lowest BCUT2D eigenvalue weighted by Crippen LogP contribution is -2.45. The maximum atomic E-state index is 12.7. The molecule has 1 atom stereocenters. The van der Waals surface area contributed by atoms with Crippen LogP contribution in [0.3, 0.4) is 0 Å². The lowest BCUT2D eigenvalue weighted by Gasteiger charge is -2.30. The number of benzene rings is 3. The molecular weight excluding hydrogens is 604 g/mol. The average Bonchev–Trinajstić information content (AvgIpc) is 3.00. The Kier molecular flexibility index (Phi) is 11.6. The third-order valence-electron chi connectivity index (χ3n) is 6.33. The summed E-state index contributed by atoms with van der Waals surface area (Å²) in [5, 5.41) is 11.1. The number of ether oxygens (including phenoxy) is 4. The van der Waals surface area contributed by atoms with E-state index in [2.05, 4.69) is 21.2 Å². The van der Waals surface area contributed by atoms with Gasteiger partial charge in [0.1, 0.15) is 12.4 Å². The van der Waals surface area contributed by atoms with Gasteiger partial charge in [-0.2, -0.15) is 5.10 Å². The molecule has 3 aromatic carbocycles. The van der Waals surface area contributed by atoms with Crippen molar-refractivity contribution >= 4 is 47.0 Å². The Morgan fingerprint density at radius 2 is 1.75 bits per heavy atom. The van der Waals surface area contributed by atoms with Gasteiger partial charge in [0.25, 0.3) is 5.91 Å². The second-order valence-corrected chi connectivity index (χ2v) is 10.3. The molecule has 10 nitrogen and oxygen atoms in total. The van der Waals surface area contributed by atoms with Crippen molar-refractivity contribution in [3.63, 3.8) is 0 Å². The van der Waals surface area contributed by atoms with Crippen LogP contribution in [0.2, 0.25) is 5.02 Å². The van der Waals surface area contributed by atoms with Crippen LogP contribution in [-0.4, -0.2) is 43.0 Å². The van der Waals surface area contributed by atoms with Crippen LogP contribution in [0, 0.1) is 0 Å². The first-order chi connectivity index (χ1) is 21.3. The smallest absolute Gasteiger partial charge is 0.338 e. The maximum Gasteiger partial charge on any atom is 0.338 e. The molecule has 12 heteroatoms. The minimum Gasteiger partial charge on any atom is -0.490 e. The van der Waals surface area contributed by atoms with E-state index < -0.39 is 17.9 Å². The number of hydrogen-bond acceptors (Lipinski definition) is 8. The van der Waals surface area contributed by atoms with Crippen molar-refractivity contribution in [3.8, 4) is 17.2 Å². The van der Waals surface area contributed by atoms with E-state index >= 15 is 0 Å². The van der Waals surface area contributed by atoms with Crippen LogP contribution in [0.5, 0.6) is 17.2 Å². The van der Waals surface area contributed by atoms with Gasteiger partial charge in [-0.05, 0) is 80.5 Å². The molecule has 4 rings (SSSR count). The molecule has 0 radical (unpaired) electrons. The van der Waals surface area contributed by atoms with Gasteiger partial charge in [0.2, 0.25) is 0 Å². The number of allylic oxidation sites excluding steroid dienone is 1. The molecule has 0 saturated heterocycles. The van der Waals surface area contributed by atoms with Crippen molar-refractivity contribution in [2.45, 2.75) is 33.4 Å². The van der Waals surface area contributed by atoms with Crippen molar-refractivity contribution in [3.05, 3.63) is 99.7 Å². The predicted molar refractivity (Wildman–Crippen MR) is 172 cm³/mol. The summed E-state index contributed by atoms with van der Waals surface area (Å²) in [6.07, 6.45) is 1.50. The van der Waals surface area contributed by atoms with Crippen molar-refractivity contribution in [2.24, 2.45) is 5.10 Å². The molecule has 44 heavy (non-hydrogen) atoms. The Hall–Kier alpha value is -4.61. The molecular formula is C32H33ClN4O6S. The first kappa shape index (κ1) is 32.3. The molecule has 0 bridgehead atoms. The first-order valence-corrected chi connectivity index (χ1v) is 14.7. The number of rotatable bonds is 13. The molecule has 230 valence electrons. The zero-order chi connectivity index (χ0) is 31.5. The molecule has 1 aliphatic rings. The number of nitrogens with zero attached hydrogens (tertiary/aromatic N) is 1. The van der Waals surface area contributed by atoms with E-state index in [0.29, 0.717) is 63.0 Å². The van der Waals surface area contributed by atoms with Crippen LogP contribution in [-0.2, 0) is 20.9 Å². The Morgan fingerprint density at radius 1 is 0.977 bits per heavy atom. The quantitative estimate of drug-likeness (QED) is 0.101. The molecule has 0 unspecified atom stereocenters. The Bertz CT molecular complexity index is 1560. The standard InChI is InChI=1S/C32H33ClN4O6S/c1-4-40-27-16-22(12-15-26(27)42-18-21-10-13-23(33)14-11-21)17-34-37-28(38)19-43-25-9-7-6-8-24(25)30-29(31(39)41-5-2)20(3)35-32(44)36-30/h6-17,30H,4-5,18-19H2,1-3H3,(H,37,38)(H2,35,36,44)/t30-/m0/s1. The summed E-state index contributed by atoms with van der Waals surface area (Å²) in [7, 11) is 0. The van der Waals surface area contributed by atoms with Gasteiger partial charge in [0.05, 0.1) is 31.0 Å². The summed E-state index contributed by atoms with van der Waals surface area (Å²) in [4.78, 5) is 25.3. The van der Waals surface area contributed by atoms with E-state index in [1.165, 1.54) is 6.21 Å². The number of hydrogen-bond donors (Lipinski definition) is 3. The van der Waals surface area contributed by atoms with Crippen molar-refractivity contribution in [1.82, 2.24) is 16.1 Å². The largest absolute Gasteiger partial charge is 0.490 e. The van der Waals surface area contributed by atoms with Crippen molar-refractivity contribution < 1.29 is 28.5 Å². The van der Waals surface area contributed by atoms with E-state index in [0.717, 1.165) is 5.56 Å². The molecule has 0 aromatic heterocycles. The molecule has 0 aliphatic carbocycles. The van der Waals surface area contributed by atoms with Crippen molar-refractivity contribution in [2.75, 3.05) is 19.8 Å². The van der Waals surface area contributed by atoms with Gasteiger partial charge in [0, 0.05) is 16.3 Å². The average molecular weight is 637 g/mol. The second-order valence-electron chi connectivity index (χ2n) is 9.46. The molecule has 1 aliphatic heterocycles. The summed E-state index contributed by atoms with van der Waals surface area (Å²) in [6.45, 7) is 6.07. The minimum absolute atomic E-state index is 0.223. The number of carbonyl (C=O) groups excluding carboxylic acids is 2. The van der Waals surface area contributed by atoms with Gasteiger partial charge in [-0.3, -0.25) is 4.79 Å². The zero-order valence-electron chi connectivity index (χ0n) is 24.5. The van der Waals surface area contributed by atoms with E-state index in [1.54, 1.807) is 50.2 Å². The molecule has 3 aromatic rings. The number of amides is 1. The molecule has 0 fully saturated rings. The summed E-state index contributed by atoms with van der Waals surface area (Å²) in [5.41, 5.74) is 5.70. The Balaban J connectivity index is 1.38. The van der Waals surface area contributed by atoms with Crippen LogP contribution in [0.25, 0.3) is 0 Å². The summed E-state index contributed by atoms with van der Waals surface area (Å²) in [6, 6.07) is 19.2. The van der Waals surface area contributed by atoms with Crippen LogP contribution in [0.15, 0.2) is 83.1 Å². The summed E-state index contributed by atoms with van der Waals surface area (Å²) in [5.74, 6) is 0.575. The van der Waals surface area contributed by atoms with Gasteiger partial charge in [0.15, 0.2) is 23.2 Å². The van der Waals surface area contributed by atoms with Crippen LogP contribution < -0.4 is 30.3 Å². The fourth-order valence-corrected chi connectivity index (χ4v) is 4.74. The molecule has 1 heterocycles. The third kappa shape index (κ3) is 8.71. The highest BCUT2D eigenvalue weighted by atomic mass is 35.5. The van der Waals surface area contributed by atoms with E-state index in [-0.39, 0.29) is 13.2 Å². The van der Waals surface area contributed by atoms with E-state index in [9.17, 15) is 9.59 Å². The topological polar surface area (TPSA) is 120 Å². The van der Waals surface area contributed by atoms with Crippen molar-refractivity contribution in [1.29, 1.82) is 0 Å². The molecule has 0 spiro atoms. The summed E-state index contributed by atoms with van der Waals surface area (Å²) < 4.78 is 22.8. The van der Waals surface area contributed by atoms with Crippen LogP contribution >= 0.6 is 23.8 Å². The lowest BCUT2D eigenvalue weighted by molar-refractivity contribution is -0.139. The Labute approximate surface area is 266 Å². The monoisotopic (exact) mass is 636 g/mol. The Morgan fingerprint density at radius 3 is 2.50 bits per heavy atom. The maximum absolute atomic E-state index is 12.7. The number of hydrazone groups is 1. The zero-order valence-corrected chi connectivity index (χ0v) is 26.1.